The Hall–Kier alpha value is -3.02. The van der Waals surface area contributed by atoms with E-state index in [-0.39, 0.29) is 12.5 Å². The van der Waals surface area contributed by atoms with Gasteiger partial charge in [0.05, 0.1) is 21.1 Å². The fourth-order valence-electron chi connectivity index (χ4n) is 4.02. The molecule has 1 heterocycles. The third-order valence-corrected chi connectivity index (χ3v) is 6.20. The summed E-state index contributed by atoms with van der Waals surface area (Å²) in [6.45, 7) is 0.238. The molecule has 0 radical (unpaired) electrons. The van der Waals surface area contributed by atoms with Crippen LogP contribution in [0.25, 0.3) is 22.2 Å². The number of imidazole rings is 1. The highest BCUT2D eigenvalue weighted by atomic mass is 35.5. The molecule has 3 aromatic carbocycles. The van der Waals surface area contributed by atoms with Crippen molar-refractivity contribution in [1.29, 1.82) is 0 Å². The van der Waals surface area contributed by atoms with Crippen molar-refractivity contribution in [2.75, 3.05) is 11.9 Å². The first-order chi connectivity index (χ1) is 14.5. The van der Waals surface area contributed by atoms with E-state index in [0.29, 0.717) is 21.5 Å². The second-order valence-corrected chi connectivity index (χ2v) is 8.01. The van der Waals surface area contributed by atoms with Gasteiger partial charge in [0.15, 0.2) is 0 Å². The number of rotatable bonds is 3. The molecule has 7 heteroatoms. The number of benzene rings is 3. The Morgan fingerprint density at radius 1 is 1.03 bits per heavy atom. The van der Waals surface area contributed by atoms with Gasteiger partial charge < -0.3 is 9.30 Å². The number of halogens is 2. The van der Waals surface area contributed by atoms with Crippen LogP contribution in [-0.2, 0) is 11.8 Å². The number of anilines is 1. The van der Waals surface area contributed by atoms with Crippen LogP contribution in [0.2, 0.25) is 10.0 Å². The van der Waals surface area contributed by atoms with Crippen LogP contribution in [0.4, 0.5) is 10.7 Å². The van der Waals surface area contributed by atoms with Gasteiger partial charge in [-0.25, -0.2) is 9.78 Å². The lowest BCUT2D eigenvalue weighted by Crippen LogP contribution is -2.19. The number of carbonyl (C=O) groups excluding carboxylic acids is 1. The number of aromatic nitrogens is 2. The predicted octanol–water partition coefficient (Wildman–Crippen LogP) is 6.24. The number of hydrogen-bond acceptors (Lipinski definition) is 3. The van der Waals surface area contributed by atoms with Crippen molar-refractivity contribution >= 4 is 46.3 Å². The Morgan fingerprint density at radius 2 is 1.63 bits per heavy atom. The lowest BCUT2D eigenvalue weighted by molar-refractivity contribution is 0.158. The molecular formula is C23H17Cl2N3O2. The average molecular weight is 438 g/mol. The Morgan fingerprint density at radius 3 is 2.30 bits per heavy atom. The maximum absolute atomic E-state index is 12.5. The molecule has 4 aromatic rings. The molecule has 30 heavy (non-hydrogen) atoms. The molecule has 150 valence electrons. The second-order valence-electron chi connectivity index (χ2n) is 7.20. The highest BCUT2D eigenvalue weighted by Gasteiger charge is 2.29. The molecular weight excluding hydrogens is 421 g/mol. The van der Waals surface area contributed by atoms with Crippen LogP contribution in [0.3, 0.4) is 0 Å². The van der Waals surface area contributed by atoms with Crippen molar-refractivity contribution in [2.45, 2.75) is 5.92 Å². The van der Waals surface area contributed by atoms with E-state index < -0.39 is 6.09 Å². The molecule has 0 bridgehead atoms. The Bertz CT molecular complexity index is 1250. The molecule has 0 saturated carbocycles. The number of ether oxygens (including phenoxy) is 1. The number of nitrogens with zero attached hydrogens (tertiary/aromatic N) is 2. The zero-order chi connectivity index (χ0) is 20.8. The summed E-state index contributed by atoms with van der Waals surface area (Å²) < 4.78 is 7.32. The summed E-state index contributed by atoms with van der Waals surface area (Å²) >= 11 is 12.2. The first-order valence-corrected chi connectivity index (χ1v) is 10.2. The smallest absolute Gasteiger partial charge is 0.414 e. The standard InChI is InChI=1S/C23H17Cl2N3O2/c1-28-21-11-19(25)18(24)10-20(21)26-22(28)27-23(29)30-12-17-15-8-4-2-6-13(15)14-7-3-5-9-16(14)17/h2-11,17H,12H2,1H3,(H,26,27,29). The minimum atomic E-state index is -0.563. The molecule has 5 nitrogen and oxygen atoms in total. The van der Waals surface area contributed by atoms with Gasteiger partial charge in [-0.3, -0.25) is 5.32 Å². The minimum absolute atomic E-state index is 0.00112. The Kier molecular flexibility index (Phi) is 4.65. The van der Waals surface area contributed by atoms with Crippen molar-refractivity contribution in [2.24, 2.45) is 7.05 Å². The van der Waals surface area contributed by atoms with Crippen LogP contribution in [0.15, 0.2) is 60.7 Å². The van der Waals surface area contributed by atoms with Gasteiger partial charge in [-0.1, -0.05) is 71.7 Å². The average Bonchev–Trinajstić information content (AvgIpc) is 3.22. The van der Waals surface area contributed by atoms with E-state index in [2.05, 4.69) is 34.6 Å². The lowest BCUT2D eigenvalue weighted by Gasteiger charge is -2.14. The molecule has 0 fully saturated rings. The number of aryl methyl sites for hydroxylation is 1. The number of fused-ring (bicyclic) bond motifs is 4. The van der Waals surface area contributed by atoms with E-state index in [1.165, 1.54) is 22.3 Å². The van der Waals surface area contributed by atoms with Gasteiger partial charge in [0.1, 0.15) is 6.61 Å². The van der Waals surface area contributed by atoms with Crippen LogP contribution >= 0.6 is 23.2 Å². The van der Waals surface area contributed by atoms with Crippen molar-refractivity contribution in [3.05, 3.63) is 81.8 Å². The Balaban J connectivity index is 1.35. The van der Waals surface area contributed by atoms with Gasteiger partial charge in [-0.15, -0.1) is 0 Å². The normalized spacial score (nSPS) is 12.6. The van der Waals surface area contributed by atoms with Gasteiger partial charge in [0.2, 0.25) is 5.95 Å². The molecule has 1 aliphatic rings. The fraction of sp³-hybridized carbons (Fsp3) is 0.130. The zero-order valence-corrected chi connectivity index (χ0v) is 17.5. The van der Waals surface area contributed by atoms with E-state index in [0.717, 1.165) is 5.52 Å². The quantitative estimate of drug-likeness (QED) is 0.412. The fourth-order valence-corrected chi connectivity index (χ4v) is 4.34. The summed E-state index contributed by atoms with van der Waals surface area (Å²) in [6, 6.07) is 19.8. The molecule has 1 amide bonds. The van der Waals surface area contributed by atoms with Crippen LogP contribution in [0, 0.1) is 0 Å². The SMILES string of the molecule is Cn1c(NC(=O)OCC2c3ccccc3-c3ccccc32)nc2cc(Cl)c(Cl)cc21. The Labute approximate surface area is 183 Å². The molecule has 1 aliphatic carbocycles. The zero-order valence-electron chi connectivity index (χ0n) is 16.0. The first-order valence-electron chi connectivity index (χ1n) is 9.46. The van der Waals surface area contributed by atoms with Crippen molar-refractivity contribution in [3.8, 4) is 11.1 Å². The van der Waals surface area contributed by atoms with Gasteiger partial charge in [-0.2, -0.15) is 0 Å². The highest BCUT2D eigenvalue weighted by molar-refractivity contribution is 6.42. The topological polar surface area (TPSA) is 56.2 Å². The molecule has 0 spiro atoms. The lowest BCUT2D eigenvalue weighted by atomic mass is 9.98. The molecule has 0 atom stereocenters. The van der Waals surface area contributed by atoms with Gasteiger partial charge in [0.25, 0.3) is 0 Å². The van der Waals surface area contributed by atoms with E-state index in [1.807, 2.05) is 24.3 Å². The van der Waals surface area contributed by atoms with Crippen molar-refractivity contribution in [3.63, 3.8) is 0 Å². The van der Waals surface area contributed by atoms with E-state index in [1.54, 1.807) is 23.7 Å². The summed E-state index contributed by atoms with van der Waals surface area (Å²) in [5.41, 5.74) is 6.11. The molecule has 5 rings (SSSR count). The highest BCUT2D eigenvalue weighted by Crippen LogP contribution is 2.44. The largest absolute Gasteiger partial charge is 0.448 e. The maximum Gasteiger partial charge on any atom is 0.414 e. The van der Waals surface area contributed by atoms with Crippen LogP contribution in [0.5, 0.6) is 0 Å². The maximum atomic E-state index is 12.5. The molecule has 1 aromatic heterocycles. The number of nitrogens with one attached hydrogen (secondary N) is 1. The monoisotopic (exact) mass is 437 g/mol. The van der Waals surface area contributed by atoms with E-state index >= 15 is 0 Å². The summed E-state index contributed by atoms with van der Waals surface area (Å²) in [5, 5.41) is 3.56. The van der Waals surface area contributed by atoms with Gasteiger partial charge in [0, 0.05) is 13.0 Å². The predicted molar refractivity (Wildman–Crippen MR) is 119 cm³/mol. The summed E-state index contributed by atoms with van der Waals surface area (Å²) in [7, 11) is 1.79. The van der Waals surface area contributed by atoms with Crippen LogP contribution in [0.1, 0.15) is 17.0 Å². The van der Waals surface area contributed by atoms with E-state index in [9.17, 15) is 4.79 Å². The summed E-state index contributed by atoms with van der Waals surface area (Å²) in [6.07, 6.45) is -0.563. The number of carbonyl (C=O) groups is 1. The molecule has 1 N–H and O–H groups in total. The molecule has 0 saturated heterocycles. The summed E-state index contributed by atoms with van der Waals surface area (Å²) in [4.78, 5) is 16.9. The van der Waals surface area contributed by atoms with E-state index in [4.69, 9.17) is 27.9 Å². The third-order valence-electron chi connectivity index (χ3n) is 5.48. The summed E-state index contributed by atoms with van der Waals surface area (Å²) in [5.74, 6) is 0.363. The van der Waals surface area contributed by atoms with Gasteiger partial charge in [-0.05, 0) is 34.4 Å². The third kappa shape index (κ3) is 3.11. The first kappa shape index (κ1) is 19.0. The van der Waals surface area contributed by atoms with Crippen molar-refractivity contribution in [1.82, 2.24) is 9.55 Å². The van der Waals surface area contributed by atoms with Crippen molar-refractivity contribution < 1.29 is 9.53 Å². The number of hydrogen-bond donors (Lipinski definition) is 1. The molecule has 0 aliphatic heterocycles. The number of amides is 1. The van der Waals surface area contributed by atoms with Crippen LogP contribution in [-0.4, -0.2) is 22.3 Å². The second kappa shape index (κ2) is 7.35. The van der Waals surface area contributed by atoms with Crippen LogP contribution < -0.4 is 5.32 Å². The van der Waals surface area contributed by atoms with Gasteiger partial charge >= 0.3 is 6.09 Å². The minimum Gasteiger partial charge on any atom is -0.448 e. The molecule has 0 unspecified atom stereocenters.